The van der Waals surface area contributed by atoms with E-state index in [1.165, 1.54) is 0 Å². The number of benzene rings is 1. The fourth-order valence-electron chi connectivity index (χ4n) is 1.89. The van der Waals surface area contributed by atoms with Gasteiger partial charge >= 0.3 is 5.97 Å². The Labute approximate surface area is 107 Å². The van der Waals surface area contributed by atoms with Crippen molar-refractivity contribution in [3.8, 4) is 0 Å². The molecule has 0 atom stereocenters. The molecule has 0 aliphatic heterocycles. The third-order valence-corrected chi connectivity index (χ3v) is 3.31. The third kappa shape index (κ3) is 2.34. The molecule has 0 amide bonds. The summed E-state index contributed by atoms with van der Waals surface area (Å²) in [6.45, 7) is 2.48. The second-order valence-electron chi connectivity index (χ2n) is 3.78. The molecule has 1 N–H and O–H groups in total. The highest BCUT2D eigenvalue weighted by Crippen LogP contribution is 2.24. The van der Waals surface area contributed by atoms with Gasteiger partial charge in [-0.1, -0.05) is 13.0 Å². The fraction of sp³-hybridized carbons (Fsp3) is 0.333. The van der Waals surface area contributed by atoms with E-state index in [4.69, 9.17) is 5.11 Å². The minimum Gasteiger partial charge on any atom is -0.481 e. The molecule has 2 aromatic rings. The maximum absolute atomic E-state index is 10.7. The lowest BCUT2D eigenvalue weighted by Crippen LogP contribution is -2.07. The summed E-state index contributed by atoms with van der Waals surface area (Å²) in [5, 5.41) is 8.76. The van der Waals surface area contributed by atoms with Crippen LogP contribution in [0.4, 0.5) is 0 Å². The van der Waals surface area contributed by atoms with Crippen LogP contribution in [0.1, 0.15) is 19.2 Å². The van der Waals surface area contributed by atoms with Crippen LogP contribution in [0, 0.1) is 0 Å². The first-order chi connectivity index (χ1) is 8.13. The molecule has 4 nitrogen and oxygen atoms in total. The molecule has 0 aliphatic carbocycles. The Morgan fingerprint density at radius 2 is 2.29 bits per heavy atom. The molecular formula is C12H13BrN2O2. The highest BCUT2D eigenvalue weighted by Gasteiger charge is 2.11. The number of hydrogen-bond acceptors (Lipinski definition) is 2. The largest absolute Gasteiger partial charge is 0.481 e. The van der Waals surface area contributed by atoms with Crippen molar-refractivity contribution >= 4 is 32.9 Å². The smallest absolute Gasteiger partial charge is 0.305 e. The summed E-state index contributed by atoms with van der Waals surface area (Å²) in [5.41, 5.74) is 1.88. The van der Waals surface area contributed by atoms with Gasteiger partial charge in [-0.15, -0.1) is 0 Å². The number of aromatic nitrogens is 2. The monoisotopic (exact) mass is 296 g/mol. The van der Waals surface area contributed by atoms with Crippen LogP contribution in [-0.4, -0.2) is 20.6 Å². The number of nitrogens with zero attached hydrogens (tertiary/aromatic N) is 2. The van der Waals surface area contributed by atoms with Gasteiger partial charge in [-0.2, -0.15) is 0 Å². The number of aliphatic carboxylic acids is 1. The quantitative estimate of drug-likeness (QED) is 0.944. The van der Waals surface area contributed by atoms with Gasteiger partial charge in [0.05, 0.1) is 11.9 Å². The first-order valence-electron chi connectivity index (χ1n) is 5.49. The molecule has 1 aromatic carbocycles. The Bertz CT molecular complexity index is 563. The fourth-order valence-corrected chi connectivity index (χ4v) is 2.33. The predicted molar refractivity (Wildman–Crippen MR) is 69.1 cm³/mol. The Hall–Kier alpha value is -1.36. The minimum atomic E-state index is -0.788. The number of aryl methyl sites for hydroxylation is 2. The molecule has 0 fully saturated rings. The summed E-state index contributed by atoms with van der Waals surface area (Å²) in [4.78, 5) is 15.2. The van der Waals surface area contributed by atoms with Gasteiger partial charge in [-0.25, -0.2) is 4.98 Å². The van der Waals surface area contributed by atoms with Crippen molar-refractivity contribution in [1.82, 2.24) is 9.55 Å². The van der Waals surface area contributed by atoms with Crippen LogP contribution >= 0.6 is 15.9 Å². The van der Waals surface area contributed by atoms with Crippen molar-refractivity contribution in [2.24, 2.45) is 0 Å². The van der Waals surface area contributed by atoms with Crippen LogP contribution < -0.4 is 0 Å². The van der Waals surface area contributed by atoms with Crippen molar-refractivity contribution < 1.29 is 9.90 Å². The first-order valence-corrected chi connectivity index (χ1v) is 6.28. The van der Waals surface area contributed by atoms with E-state index in [1.807, 2.05) is 29.7 Å². The van der Waals surface area contributed by atoms with Crippen molar-refractivity contribution in [2.75, 3.05) is 0 Å². The van der Waals surface area contributed by atoms with E-state index in [0.717, 1.165) is 27.8 Å². The average Bonchev–Trinajstić information content (AvgIpc) is 2.66. The summed E-state index contributed by atoms with van der Waals surface area (Å²) >= 11 is 3.46. The van der Waals surface area contributed by atoms with Crippen LogP contribution in [0.5, 0.6) is 0 Å². The zero-order valence-electron chi connectivity index (χ0n) is 9.48. The van der Waals surface area contributed by atoms with Crippen molar-refractivity contribution in [1.29, 1.82) is 0 Å². The van der Waals surface area contributed by atoms with Gasteiger partial charge in [0, 0.05) is 17.4 Å². The number of carbonyl (C=O) groups is 1. The Morgan fingerprint density at radius 3 is 2.94 bits per heavy atom. The second kappa shape index (κ2) is 4.87. The molecule has 0 saturated carbocycles. The van der Waals surface area contributed by atoms with Crippen molar-refractivity contribution in [2.45, 2.75) is 26.3 Å². The number of para-hydroxylation sites is 1. The lowest BCUT2D eigenvalue weighted by atomic mass is 10.3. The lowest BCUT2D eigenvalue weighted by molar-refractivity contribution is -0.137. The Morgan fingerprint density at radius 1 is 1.53 bits per heavy atom. The SMILES string of the molecule is CCc1nc2c(Br)cccc2n1CCC(=O)O. The molecule has 1 aromatic heterocycles. The van der Waals surface area contributed by atoms with Gasteiger partial charge < -0.3 is 9.67 Å². The highest BCUT2D eigenvalue weighted by molar-refractivity contribution is 9.10. The van der Waals surface area contributed by atoms with Gasteiger partial charge in [0.2, 0.25) is 0 Å². The summed E-state index contributed by atoms with van der Waals surface area (Å²) in [7, 11) is 0. The first kappa shape index (κ1) is 12.1. The van der Waals surface area contributed by atoms with E-state index in [0.29, 0.717) is 6.54 Å². The van der Waals surface area contributed by atoms with Gasteiger partial charge in [0.1, 0.15) is 11.3 Å². The van der Waals surface area contributed by atoms with E-state index in [-0.39, 0.29) is 6.42 Å². The van der Waals surface area contributed by atoms with E-state index in [1.54, 1.807) is 0 Å². The van der Waals surface area contributed by atoms with Crippen molar-refractivity contribution in [3.05, 3.63) is 28.5 Å². The van der Waals surface area contributed by atoms with E-state index in [2.05, 4.69) is 20.9 Å². The normalized spacial score (nSPS) is 10.9. The molecule has 0 aliphatic rings. The summed E-state index contributed by atoms with van der Waals surface area (Å²) in [6.07, 6.45) is 0.908. The van der Waals surface area contributed by atoms with E-state index < -0.39 is 5.97 Å². The molecule has 0 saturated heterocycles. The molecular weight excluding hydrogens is 284 g/mol. The van der Waals surface area contributed by atoms with Gasteiger partial charge in [-0.3, -0.25) is 4.79 Å². The van der Waals surface area contributed by atoms with Crippen LogP contribution in [0.3, 0.4) is 0 Å². The molecule has 90 valence electrons. The minimum absolute atomic E-state index is 0.116. The molecule has 1 heterocycles. The topological polar surface area (TPSA) is 55.1 Å². The number of carboxylic acids is 1. The molecule has 17 heavy (non-hydrogen) atoms. The van der Waals surface area contributed by atoms with E-state index >= 15 is 0 Å². The predicted octanol–water partition coefficient (Wildman–Crippen LogP) is 2.84. The van der Waals surface area contributed by atoms with E-state index in [9.17, 15) is 4.79 Å². The maximum atomic E-state index is 10.7. The van der Waals surface area contributed by atoms with Gasteiger partial charge in [-0.05, 0) is 28.1 Å². The zero-order chi connectivity index (χ0) is 12.4. The van der Waals surface area contributed by atoms with Crippen LogP contribution in [0.2, 0.25) is 0 Å². The standard InChI is InChI=1S/C12H13BrN2O2/c1-2-10-14-12-8(13)4-3-5-9(12)15(10)7-6-11(16)17/h3-5H,2,6-7H2,1H3,(H,16,17). The maximum Gasteiger partial charge on any atom is 0.305 e. The second-order valence-corrected chi connectivity index (χ2v) is 4.64. The third-order valence-electron chi connectivity index (χ3n) is 2.67. The number of fused-ring (bicyclic) bond motifs is 1. The number of rotatable bonds is 4. The zero-order valence-corrected chi connectivity index (χ0v) is 11.1. The molecule has 0 bridgehead atoms. The lowest BCUT2D eigenvalue weighted by Gasteiger charge is -2.05. The molecule has 0 spiro atoms. The van der Waals surface area contributed by atoms with Crippen LogP contribution in [-0.2, 0) is 17.8 Å². The highest BCUT2D eigenvalue weighted by atomic mass is 79.9. The number of halogens is 1. The summed E-state index contributed by atoms with van der Waals surface area (Å²) in [6, 6.07) is 5.84. The number of imidazole rings is 1. The van der Waals surface area contributed by atoms with Gasteiger partial charge in [0.25, 0.3) is 0 Å². The molecule has 2 rings (SSSR count). The number of carboxylic acid groups (broad SMARTS) is 1. The number of hydrogen-bond donors (Lipinski definition) is 1. The van der Waals surface area contributed by atoms with Gasteiger partial charge in [0.15, 0.2) is 0 Å². The van der Waals surface area contributed by atoms with Crippen LogP contribution in [0.15, 0.2) is 22.7 Å². The Balaban J connectivity index is 2.51. The summed E-state index contributed by atoms with van der Waals surface area (Å²) < 4.78 is 2.92. The average molecular weight is 297 g/mol. The molecule has 0 unspecified atom stereocenters. The van der Waals surface area contributed by atoms with Crippen LogP contribution in [0.25, 0.3) is 11.0 Å². The molecule has 5 heteroatoms. The molecule has 0 radical (unpaired) electrons. The Kier molecular flexibility index (Phi) is 3.47. The van der Waals surface area contributed by atoms with Crippen molar-refractivity contribution in [3.63, 3.8) is 0 Å². The summed E-state index contributed by atoms with van der Waals surface area (Å²) in [5.74, 6) is 0.136.